The monoisotopic (exact) mass is 576 g/mol. The van der Waals surface area contributed by atoms with Crippen molar-refractivity contribution in [2.75, 3.05) is 30.2 Å². The average Bonchev–Trinajstić information content (AvgIpc) is 3.26. The predicted molar refractivity (Wildman–Crippen MR) is 152 cm³/mol. The number of hydrogen-bond acceptors (Lipinski definition) is 7. The van der Waals surface area contributed by atoms with Gasteiger partial charge in [-0.15, -0.1) is 0 Å². The Labute approximate surface area is 232 Å². The van der Waals surface area contributed by atoms with Gasteiger partial charge < -0.3 is 23.9 Å². The highest BCUT2D eigenvalue weighted by molar-refractivity contribution is 8.20. The highest BCUT2D eigenvalue weighted by atomic mass is 32.3. The van der Waals surface area contributed by atoms with Gasteiger partial charge in [0.15, 0.2) is 0 Å². The van der Waals surface area contributed by atoms with Crippen LogP contribution in [0, 0.1) is 0 Å². The van der Waals surface area contributed by atoms with E-state index >= 15 is 0 Å². The van der Waals surface area contributed by atoms with E-state index in [4.69, 9.17) is 13.7 Å². The predicted octanol–water partition coefficient (Wildman–Crippen LogP) is 7.93. The maximum absolute atomic E-state index is 12.6. The van der Waals surface area contributed by atoms with Gasteiger partial charge in [0.25, 0.3) is 0 Å². The number of anilines is 2. The van der Waals surface area contributed by atoms with Crippen molar-refractivity contribution in [2.24, 2.45) is 0 Å². The van der Waals surface area contributed by atoms with E-state index in [0.29, 0.717) is 12.3 Å². The third-order valence-corrected chi connectivity index (χ3v) is 8.05. The number of benzene rings is 3. The molecule has 11 heteroatoms. The maximum atomic E-state index is 12.6. The Morgan fingerprint density at radius 3 is 2.38 bits per heavy atom. The topological polar surface area (TPSA) is 83.4 Å². The lowest BCUT2D eigenvalue weighted by Crippen LogP contribution is -2.33. The van der Waals surface area contributed by atoms with Crippen LogP contribution in [0.4, 0.5) is 24.5 Å². The van der Waals surface area contributed by atoms with Crippen LogP contribution < -0.4 is 23.9 Å². The number of para-hydroxylation sites is 2. The molecule has 2 heterocycles. The molecule has 40 heavy (non-hydrogen) atoms. The Balaban J connectivity index is 1.54. The zero-order valence-electron chi connectivity index (χ0n) is 22.5. The van der Waals surface area contributed by atoms with E-state index in [2.05, 4.69) is 30.1 Å². The Hall–Kier alpha value is -3.54. The molecule has 7 nitrogen and oxygen atoms in total. The number of nitrogens with one attached hydrogen (secondary N) is 1. The number of hydrogen-bond donors (Lipinski definition) is 3. The fourth-order valence-electron chi connectivity index (χ4n) is 5.17. The van der Waals surface area contributed by atoms with Crippen LogP contribution in [0.2, 0.25) is 0 Å². The number of rotatable bonds is 8. The van der Waals surface area contributed by atoms with Gasteiger partial charge >= 0.3 is 6.18 Å². The van der Waals surface area contributed by atoms with Crippen molar-refractivity contribution in [1.29, 1.82) is 0 Å². The molecule has 0 unspecified atom stereocenters. The van der Waals surface area contributed by atoms with Gasteiger partial charge in [0.1, 0.15) is 28.1 Å². The van der Waals surface area contributed by atoms with E-state index in [1.54, 1.807) is 13.2 Å². The Morgan fingerprint density at radius 1 is 0.975 bits per heavy atom. The summed E-state index contributed by atoms with van der Waals surface area (Å²) < 4.78 is 74.4. The summed E-state index contributed by atoms with van der Waals surface area (Å²) in [6.45, 7) is 4.77. The molecule has 0 atom stereocenters. The largest absolute Gasteiger partial charge is 0.496 e. The summed E-state index contributed by atoms with van der Waals surface area (Å²) in [5.41, 5.74) is 6.43. The second-order valence-electron chi connectivity index (χ2n) is 10.3. The van der Waals surface area contributed by atoms with Gasteiger partial charge in [0.05, 0.1) is 37.6 Å². The summed E-state index contributed by atoms with van der Waals surface area (Å²) in [6, 6.07) is 16.5. The third kappa shape index (κ3) is 5.54. The molecule has 3 aromatic rings. The molecular weight excluding hydrogens is 545 g/mol. The minimum Gasteiger partial charge on any atom is -0.496 e. The molecule has 2 aliphatic rings. The molecule has 5 rings (SSSR count). The first kappa shape index (κ1) is 28.0. The molecule has 0 fully saturated rings. The van der Waals surface area contributed by atoms with Gasteiger partial charge in [-0.2, -0.15) is 13.2 Å². The lowest BCUT2D eigenvalue weighted by atomic mass is 9.89. The molecule has 214 valence electrons. The van der Waals surface area contributed by atoms with Gasteiger partial charge in [-0.3, -0.25) is 9.11 Å². The van der Waals surface area contributed by atoms with Crippen molar-refractivity contribution < 1.29 is 35.9 Å². The minimum absolute atomic E-state index is 0.00296. The van der Waals surface area contributed by atoms with Crippen LogP contribution in [-0.2, 0) is 6.54 Å². The number of methoxy groups -OCH3 is 2. The molecule has 2 aliphatic heterocycles. The molecule has 3 aromatic carbocycles. The molecule has 3 N–H and O–H groups in total. The number of alkyl halides is 3. The van der Waals surface area contributed by atoms with Crippen LogP contribution in [0.3, 0.4) is 0 Å². The van der Waals surface area contributed by atoms with Gasteiger partial charge in [-0.05, 0) is 61.4 Å². The average molecular weight is 577 g/mol. The molecule has 0 aromatic heterocycles. The second kappa shape index (κ2) is 10.1. The van der Waals surface area contributed by atoms with Crippen molar-refractivity contribution in [3.8, 4) is 28.4 Å². The lowest BCUT2D eigenvalue weighted by Gasteiger charge is -2.33. The molecule has 0 bridgehead atoms. The highest BCUT2D eigenvalue weighted by Crippen LogP contribution is 2.51. The smallest absolute Gasteiger partial charge is 0.390 e. The minimum atomic E-state index is -4.53. The molecular formula is C29H31F3N2O5S. The molecule has 0 saturated heterocycles. The van der Waals surface area contributed by atoms with Crippen molar-refractivity contribution in [3.05, 3.63) is 71.8 Å². The fraction of sp³-hybridized carbons (Fsp3) is 0.310. The summed E-state index contributed by atoms with van der Waals surface area (Å²) in [7, 11) is -0.838. The standard InChI is InChI=1S/C29H31F3N2O5S/c1-28(2)16-24-27-21(17-34(24)23-7-5-6-8-25(23)37-3)19(11-12-22(27)33-28)20-10-9-18(15-26(20)38-4)39-40(35,36)14-13-29(30,31)32/h5-12,15-16,33,35-36H,13-14,17H2,1-4H3. The van der Waals surface area contributed by atoms with Crippen molar-refractivity contribution >= 4 is 27.9 Å². The van der Waals surface area contributed by atoms with Gasteiger partial charge in [0.2, 0.25) is 0 Å². The Kier molecular flexibility index (Phi) is 7.10. The van der Waals surface area contributed by atoms with Gasteiger partial charge in [-0.1, -0.05) is 18.2 Å². The van der Waals surface area contributed by atoms with E-state index < -0.39 is 29.2 Å². The van der Waals surface area contributed by atoms with Crippen LogP contribution in [0.1, 0.15) is 31.4 Å². The van der Waals surface area contributed by atoms with Crippen molar-refractivity contribution in [2.45, 2.75) is 38.5 Å². The first-order valence-electron chi connectivity index (χ1n) is 12.6. The summed E-state index contributed by atoms with van der Waals surface area (Å²) in [6.07, 6.45) is -3.70. The van der Waals surface area contributed by atoms with Crippen LogP contribution in [0.25, 0.3) is 16.8 Å². The third-order valence-electron chi connectivity index (χ3n) is 6.85. The van der Waals surface area contributed by atoms with Crippen molar-refractivity contribution in [3.63, 3.8) is 0 Å². The SMILES string of the molecule is COc1cc(OS(O)(O)CCC(F)(F)F)ccc1-c1ccc2c3c1CN(c1ccccc1OC)C3=CC(C)(C)N2. The zero-order valence-corrected chi connectivity index (χ0v) is 23.3. The summed E-state index contributed by atoms with van der Waals surface area (Å²) >= 11 is 0. The Bertz CT molecular complexity index is 1470. The van der Waals surface area contributed by atoms with Gasteiger partial charge in [0, 0.05) is 35.1 Å². The summed E-state index contributed by atoms with van der Waals surface area (Å²) in [5.74, 6) is 0.174. The van der Waals surface area contributed by atoms with E-state index in [-0.39, 0.29) is 11.3 Å². The lowest BCUT2D eigenvalue weighted by molar-refractivity contribution is -0.130. The number of halogens is 3. The first-order chi connectivity index (χ1) is 18.8. The second-order valence-corrected chi connectivity index (χ2v) is 12.1. The summed E-state index contributed by atoms with van der Waals surface area (Å²) in [5, 5.41) is 3.59. The van der Waals surface area contributed by atoms with Crippen LogP contribution >= 0.6 is 10.9 Å². The number of ether oxygens (including phenoxy) is 2. The van der Waals surface area contributed by atoms with E-state index in [1.165, 1.54) is 19.2 Å². The van der Waals surface area contributed by atoms with Crippen LogP contribution in [0.5, 0.6) is 17.2 Å². The van der Waals surface area contributed by atoms with Crippen molar-refractivity contribution in [1.82, 2.24) is 0 Å². The number of nitrogens with zero attached hydrogens (tertiary/aromatic N) is 1. The van der Waals surface area contributed by atoms with Crippen LogP contribution in [-0.4, -0.2) is 40.8 Å². The van der Waals surface area contributed by atoms with E-state index in [0.717, 1.165) is 45.1 Å². The van der Waals surface area contributed by atoms with Crippen LogP contribution in [0.15, 0.2) is 60.7 Å². The van der Waals surface area contributed by atoms with E-state index in [1.807, 2.05) is 36.4 Å². The van der Waals surface area contributed by atoms with Gasteiger partial charge in [-0.25, -0.2) is 0 Å². The first-order valence-corrected chi connectivity index (χ1v) is 14.2. The molecule has 0 saturated carbocycles. The molecule has 0 spiro atoms. The molecule has 0 aliphatic carbocycles. The molecule has 0 radical (unpaired) electrons. The highest BCUT2D eigenvalue weighted by Gasteiger charge is 2.37. The maximum Gasteiger partial charge on any atom is 0.390 e. The fourth-order valence-corrected chi connectivity index (χ4v) is 6.17. The quantitative estimate of drug-likeness (QED) is 0.251. The normalized spacial score (nSPS) is 16.1. The summed E-state index contributed by atoms with van der Waals surface area (Å²) in [4.78, 5) is 2.22. The zero-order chi connectivity index (χ0) is 28.9. The molecule has 0 amide bonds. The van der Waals surface area contributed by atoms with E-state index in [9.17, 15) is 22.3 Å². The Morgan fingerprint density at radius 2 is 1.68 bits per heavy atom.